The lowest BCUT2D eigenvalue weighted by atomic mass is 9.78. The maximum Gasteiger partial charge on any atom is 0.492 e. The minimum absolute atomic E-state index is 0.397. The Balaban J connectivity index is 1.81. The fourth-order valence-electron chi connectivity index (χ4n) is 2.23. The Morgan fingerprint density at radius 2 is 2.10 bits per heavy atom. The van der Waals surface area contributed by atoms with Gasteiger partial charge in [-0.3, -0.25) is 4.90 Å². The van der Waals surface area contributed by atoms with Gasteiger partial charge in [0.05, 0.1) is 13.7 Å². The predicted octanol–water partition coefficient (Wildman–Crippen LogP) is 0.233. The molecule has 1 aromatic rings. The maximum atomic E-state index is 9.37. The summed E-state index contributed by atoms with van der Waals surface area (Å²) >= 11 is 0. The Bertz CT molecular complexity index is 451. The molecule has 0 spiro atoms. The first-order valence-electron chi connectivity index (χ1n) is 7.39. The van der Waals surface area contributed by atoms with Gasteiger partial charge in [-0.1, -0.05) is 12.1 Å². The molecule has 5 nitrogen and oxygen atoms in total. The van der Waals surface area contributed by atoms with Gasteiger partial charge < -0.3 is 19.5 Å². The molecule has 0 bridgehead atoms. The highest BCUT2D eigenvalue weighted by Crippen LogP contribution is 2.28. The van der Waals surface area contributed by atoms with Crippen molar-refractivity contribution >= 4 is 12.6 Å². The second kappa shape index (κ2) is 7.80. The molecule has 0 amide bonds. The first kappa shape index (κ1) is 16.3. The van der Waals surface area contributed by atoms with E-state index in [0.29, 0.717) is 11.2 Å². The van der Waals surface area contributed by atoms with E-state index in [-0.39, 0.29) is 0 Å². The highest BCUT2D eigenvalue weighted by molar-refractivity contribution is 6.59. The Labute approximate surface area is 126 Å². The largest absolute Gasteiger partial charge is 0.497 e. The van der Waals surface area contributed by atoms with Crippen molar-refractivity contribution in [3.8, 4) is 5.75 Å². The van der Waals surface area contributed by atoms with Crippen molar-refractivity contribution in [3.63, 3.8) is 0 Å². The van der Waals surface area contributed by atoms with Gasteiger partial charge in [-0.2, -0.15) is 0 Å². The Morgan fingerprint density at radius 3 is 2.71 bits per heavy atom. The van der Waals surface area contributed by atoms with Gasteiger partial charge in [0.2, 0.25) is 0 Å². The van der Waals surface area contributed by atoms with Crippen LogP contribution in [0.3, 0.4) is 0 Å². The predicted molar refractivity (Wildman–Crippen MR) is 82.7 cm³/mol. The number of nitrogens with zero attached hydrogens (tertiary/aromatic N) is 1. The molecule has 21 heavy (non-hydrogen) atoms. The third-order valence-corrected chi connectivity index (χ3v) is 3.69. The van der Waals surface area contributed by atoms with Crippen LogP contribution in [0.4, 0.5) is 0 Å². The zero-order valence-electron chi connectivity index (χ0n) is 12.8. The van der Waals surface area contributed by atoms with Crippen LogP contribution >= 0.6 is 0 Å². The summed E-state index contributed by atoms with van der Waals surface area (Å²) in [6.07, 6.45) is 2.63. The van der Waals surface area contributed by atoms with Gasteiger partial charge in [0, 0.05) is 25.2 Å². The minimum atomic E-state index is -1.52. The lowest BCUT2D eigenvalue weighted by Gasteiger charge is -2.18. The van der Waals surface area contributed by atoms with Gasteiger partial charge in [-0.15, -0.1) is 0 Å². The highest BCUT2D eigenvalue weighted by Gasteiger charge is 2.21. The van der Waals surface area contributed by atoms with E-state index < -0.39 is 7.12 Å². The van der Waals surface area contributed by atoms with Crippen LogP contribution in [0.25, 0.3) is 0 Å². The number of benzene rings is 1. The summed E-state index contributed by atoms with van der Waals surface area (Å²) in [5.41, 5.74) is 1.41. The summed E-state index contributed by atoms with van der Waals surface area (Å²) < 4.78 is 10.7. The van der Waals surface area contributed by atoms with E-state index in [2.05, 4.69) is 4.90 Å². The molecule has 0 radical (unpaired) electrons. The molecule has 0 aromatic heterocycles. The van der Waals surface area contributed by atoms with E-state index >= 15 is 0 Å². The molecule has 1 aromatic carbocycles. The van der Waals surface area contributed by atoms with E-state index in [0.717, 1.165) is 37.8 Å². The molecule has 6 heteroatoms. The van der Waals surface area contributed by atoms with Crippen molar-refractivity contribution in [1.29, 1.82) is 0 Å². The summed E-state index contributed by atoms with van der Waals surface area (Å²) in [6.45, 7) is 3.21. The number of likely N-dealkylation sites (N-methyl/N-ethyl adjacent to an activating group) is 1. The van der Waals surface area contributed by atoms with Gasteiger partial charge in [-0.25, -0.2) is 0 Å². The van der Waals surface area contributed by atoms with E-state index in [1.54, 1.807) is 12.1 Å². The third kappa shape index (κ3) is 5.32. The van der Waals surface area contributed by atoms with Crippen molar-refractivity contribution in [2.45, 2.75) is 19.4 Å². The van der Waals surface area contributed by atoms with E-state index in [9.17, 15) is 10.0 Å². The van der Waals surface area contributed by atoms with Crippen LogP contribution in [0.1, 0.15) is 18.4 Å². The van der Waals surface area contributed by atoms with Crippen molar-refractivity contribution < 1.29 is 19.5 Å². The van der Waals surface area contributed by atoms with Gasteiger partial charge in [-0.05, 0) is 37.4 Å². The van der Waals surface area contributed by atoms with Gasteiger partial charge >= 0.3 is 7.12 Å². The van der Waals surface area contributed by atoms with Gasteiger partial charge in [0.25, 0.3) is 0 Å². The topological polar surface area (TPSA) is 62.2 Å². The van der Waals surface area contributed by atoms with Crippen molar-refractivity contribution in [3.05, 3.63) is 23.8 Å². The molecule has 2 N–H and O–H groups in total. The minimum Gasteiger partial charge on any atom is -0.497 e. The summed E-state index contributed by atoms with van der Waals surface area (Å²) in [4.78, 5) is 2.16. The molecule has 1 aliphatic carbocycles. The molecule has 0 atom stereocenters. The lowest BCUT2D eigenvalue weighted by molar-refractivity contribution is 0.102. The molecule has 116 valence electrons. The van der Waals surface area contributed by atoms with Crippen LogP contribution in [0.15, 0.2) is 18.2 Å². The molecule has 1 saturated carbocycles. The zero-order chi connectivity index (χ0) is 15.2. The Kier molecular flexibility index (Phi) is 6.05. The van der Waals surface area contributed by atoms with Crippen LogP contribution < -0.4 is 10.2 Å². The second-order valence-electron chi connectivity index (χ2n) is 5.71. The van der Waals surface area contributed by atoms with E-state index in [1.807, 2.05) is 13.1 Å². The molecule has 0 aliphatic heterocycles. The molecule has 2 rings (SSSR count). The number of methoxy groups -OCH3 is 1. The second-order valence-corrected chi connectivity index (χ2v) is 5.71. The first-order valence-corrected chi connectivity index (χ1v) is 7.39. The number of ether oxygens (including phenoxy) is 2. The average Bonchev–Trinajstić information content (AvgIpc) is 3.27. The fraction of sp³-hybridized carbons (Fsp3) is 0.600. The van der Waals surface area contributed by atoms with E-state index in [1.165, 1.54) is 20.0 Å². The third-order valence-electron chi connectivity index (χ3n) is 3.69. The molecule has 0 saturated heterocycles. The number of hydrogen-bond acceptors (Lipinski definition) is 5. The monoisotopic (exact) mass is 293 g/mol. The lowest BCUT2D eigenvalue weighted by Crippen LogP contribution is -2.32. The molecule has 0 unspecified atom stereocenters. The van der Waals surface area contributed by atoms with Gasteiger partial charge in [0.15, 0.2) is 0 Å². The van der Waals surface area contributed by atoms with Crippen molar-refractivity contribution in [1.82, 2.24) is 4.90 Å². The summed E-state index contributed by atoms with van der Waals surface area (Å²) in [5.74, 6) is 1.29. The van der Waals surface area contributed by atoms with Crippen molar-refractivity contribution in [2.24, 2.45) is 5.92 Å². The summed E-state index contributed by atoms with van der Waals surface area (Å²) in [6, 6.07) is 5.47. The van der Waals surface area contributed by atoms with Crippen LogP contribution in [0, 0.1) is 5.92 Å². The molecule has 0 heterocycles. The van der Waals surface area contributed by atoms with Gasteiger partial charge in [0.1, 0.15) is 5.75 Å². The van der Waals surface area contributed by atoms with E-state index in [4.69, 9.17) is 9.47 Å². The standard InChI is InChI=1S/C15H24BNO4/c1-17(7-8-21-11-12-3-4-12)10-13-5-6-15(20-2)14(9-13)16(18)19/h5-6,9,12,18-19H,3-4,7-8,10-11H2,1-2H3. The number of hydrogen-bond donors (Lipinski definition) is 2. The Morgan fingerprint density at radius 1 is 1.33 bits per heavy atom. The van der Waals surface area contributed by atoms with Crippen LogP contribution in [0.2, 0.25) is 0 Å². The highest BCUT2D eigenvalue weighted by atomic mass is 16.5. The zero-order valence-corrected chi connectivity index (χ0v) is 12.8. The molecule has 1 fully saturated rings. The average molecular weight is 293 g/mol. The van der Waals surface area contributed by atoms with Crippen LogP contribution in [0.5, 0.6) is 5.75 Å². The molecule has 1 aliphatic rings. The normalized spacial score (nSPS) is 14.5. The SMILES string of the molecule is COc1ccc(CN(C)CCOCC2CC2)cc1B(O)O. The molecular weight excluding hydrogens is 269 g/mol. The first-order chi connectivity index (χ1) is 10.1. The Hall–Kier alpha value is -1.08. The van der Waals surface area contributed by atoms with Crippen molar-refractivity contribution in [2.75, 3.05) is 33.9 Å². The fourth-order valence-corrected chi connectivity index (χ4v) is 2.23. The number of rotatable bonds is 9. The molecular formula is C15H24BNO4. The summed E-state index contributed by atoms with van der Waals surface area (Å²) in [5, 5.41) is 18.7. The summed E-state index contributed by atoms with van der Waals surface area (Å²) in [7, 11) is 2.02. The quantitative estimate of drug-likeness (QED) is 0.504. The maximum absolute atomic E-state index is 9.37. The smallest absolute Gasteiger partial charge is 0.492 e. The van der Waals surface area contributed by atoms with Crippen LogP contribution in [-0.4, -0.2) is 56.0 Å². The van der Waals surface area contributed by atoms with Crippen LogP contribution in [-0.2, 0) is 11.3 Å².